The lowest BCUT2D eigenvalue weighted by Crippen LogP contribution is -2.10. The molecule has 3 N–H and O–H groups in total. The second-order valence-corrected chi connectivity index (χ2v) is 5.48. The van der Waals surface area contributed by atoms with Crippen LogP contribution in [0.25, 0.3) is 0 Å². The van der Waals surface area contributed by atoms with Crippen molar-refractivity contribution >= 4 is 22.4 Å². The van der Waals surface area contributed by atoms with Crippen LogP contribution in [0, 0.1) is 6.92 Å². The Hall–Kier alpha value is -1.69. The van der Waals surface area contributed by atoms with Gasteiger partial charge in [-0.05, 0) is 51.4 Å². The molecule has 0 saturated carbocycles. The maximum Gasteiger partial charge on any atom is 0.197 e. The first kappa shape index (κ1) is 13.7. The van der Waals surface area contributed by atoms with Crippen molar-refractivity contribution in [3.63, 3.8) is 0 Å². The standard InChI is InChI=1S/C13H19N3O2S/c1-7(2)17-11-12(14)16-19-13(11)15-9(4)10-6-5-8(3)18-10/h5-7,9,15H,1-4H3,(H2,14,16). The summed E-state index contributed by atoms with van der Waals surface area (Å²) in [5.41, 5.74) is 5.82. The van der Waals surface area contributed by atoms with Crippen molar-refractivity contribution in [2.75, 3.05) is 11.1 Å². The van der Waals surface area contributed by atoms with Crippen molar-refractivity contribution in [1.29, 1.82) is 0 Å². The van der Waals surface area contributed by atoms with Crippen molar-refractivity contribution < 1.29 is 9.15 Å². The van der Waals surface area contributed by atoms with Gasteiger partial charge in [0.05, 0.1) is 12.1 Å². The average molecular weight is 281 g/mol. The van der Waals surface area contributed by atoms with E-state index < -0.39 is 0 Å². The van der Waals surface area contributed by atoms with E-state index >= 15 is 0 Å². The Bertz CT molecular complexity index is 548. The maximum atomic E-state index is 5.82. The van der Waals surface area contributed by atoms with E-state index in [-0.39, 0.29) is 12.1 Å². The van der Waals surface area contributed by atoms with E-state index in [1.54, 1.807) is 0 Å². The molecule has 19 heavy (non-hydrogen) atoms. The highest BCUT2D eigenvalue weighted by atomic mass is 32.1. The molecule has 5 nitrogen and oxygen atoms in total. The van der Waals surface area contributed by atoms with Gasteiger partial charge in [-0.3, -0.25) is 0 Å². The predicted octanol–water partition coefficient (Wildman–Crippen LogP) is 3.59. The minimum absolute atomic E-state index is 0.0306. The molecule has 0 aliphatic carbocycles. The van der Waals surface area contributed by atoms with Crippen molar-refractivity contribution in [2.24, 2.45) is 0 Å². The number of anilines is 2. The Kier molecular flexibility index (Phi) is 3.99. The molecule has 0 aliphatic rings. The first-order valence-electron chi connectivity index (χ1n) is 6.22. The number of aromatic nitrogens is 1. The molecule has 2 aromatic rings. The maximum absolute atomic E-state index is 5.82. The van der Waals surface area contributed by atoms with Crippen molar-refractivity contribution in [2.45, 2.75) is 39.8 Å². The average Bonchev–Trinajstić information content (AvgIpc) is 2.89. The second kappa shape index (κ2) is 5.52. The summed E-state index contributed by atoms with van der Waals surface area (Å²) in [6.07, 6.45) is 0.0559. The Morgan fingerprint density at radius 2 is 2.11 bits per heavy atom. The molecular formula is C13H19N3O2S. The molecule has 104 valence electrons. The van der Waals surface area contributed by atoms with Crippen LogP contribution in [-0.4, -0.2) is 10.5 Å². The lowest BCUT2D eigenvalue weighted by Gasteiger charge is -2.14. The van der Waals surface area contributed by atoms with Crippen molar-refractivity contribution in [3.05, 3.63) is 23.7 Å². The van der Waals surface area contributed by atoms with Crippen LogP contribution < -0.4 is 15.8 Å². The second-order valence-electron chi connectivity index (χ2n) is 4.71. The summed E-state index contributed by atoms with van der Waals surface area (Å²) in [5.74, 6) is 2.81. The minimum atomic E-state index is 0.0306. The number of furan rings is 1. The van der Waals surface area contributed by atoms with Crippen LogP contribution in [0.1, 0.15) is 38.3 Å². The summed E-state index contributed by atoms with van der Waals surface area (Å²) in [6, 6.07) is 3.93. The van der Waals surface area contributed by atoms with Gasteiger partial charge in [0.2, 0.25) is 0 Å². The topological polar surface area (TPSA) is 73.3 Å². The van der Waals surface area contributed by atoms with Gasteiger partial charge in [0.15, 0.2) is 16.6 Å². The van der Waals surface area contributed by atoms with Gasteiger partial charge in [-0.1, -0.05) is 0 Å². The molecule has 0 aromatic carbocycles. The van der Waals surface area contributed by atoms with Gasteiger partial charge in [-0.25, -0.2) is 0 Å². The van der Waals surface area contributed by atoms with E-state index in [0.717, 1.165) is 16.5 Å². The molecule has 0 radical (unpaired) electrons. The lowest BCUT2D eigenvalue weighted by atomic mass is 10.2. The number of nitrogens with zero attached hydrogens (tertiary/aromatic N) is 1. The summed E-state index contributed by atoms with van der Waals surface area (Å²) in [4.78, 5) is 0. The summed E-state index contributed by atoms with van der Waals surface area (Å²) in [7, 11) is 0. The highest BCUT2D eigenvalue weighted by Gasteiger charge is 2.18. The number of hydrogen-bond acceptors (Lipinski definition) is 6. The minimum Gasteiger partial charge on any atom is -0.484 e. The number of ether oxygens (including phenoxy) is 1. The van der Waals surface area contributed by atoms with Crippen LogP contribution in [0.4, 0.5) is 10.8 Å². The molecule has 2 aromatic heterocycles. The van der Waals surface area contributed by atoms with Crippen molar-refractivity contribution in [3.8, 4) is 5.75 Å². The molecule has 0 saturated heterocycles. The summed E-state index contributed by atoms with van der Waals surface area (Å²) in [5, 5.41) is 4.15. The molecule has 0 bridgehead atoms. The number of aryl methyl sites for hydroxylation is 1. The Morgan fingerprint density at radius 3 is 2.68 bits per heavy atom. The lowest BCUT2D eigenvalue weighted by molar-refractivity contribution is 0.245. The summed E-state index contributed by atoms with van der Waals surface area (Å²) >= 11 is 1.30. The fraction of sp³-hybridized carbons (Fsp3) is 0.462. The zero-order chi connectivity index (χ0) is 14.0. The van der Waals surface area contributed by atoms with Crippen LogP contribution in [0.3, 0.4) is 0 Å². The van der Waals surface area contributed by atoms with Crippen LogP contribution in [0.15, 0.2) is 16.5 Å². The highest BCUT2D eigenvalue weighted by Crippen LogP contribution is 2.38. The molecule has 1 unspecified atom stereocenters. The van der Waals surface area contributed by atoms with E-state index in [4.69, 9.17) is 14.9 Å². The van der Waals surface area contributed by atoms with Gasteiger partial charge in [0, 0.05) is 0 Å². The Morgan fingerprint density at radius 1 is 1.37 bits per heavy atom. The van der Waals surface area contributed by atoms with Gasteiger partial charge in [-0.2, -0.15) is 4.37 Å². The van der Waals surface area contributed by atoms with Crippen LogP contribution in [0.5, 0.6) is 5.75 Å². The summed E-state index contributed by atoms with van der Waals surface area (Å²) in [6.45, 7) is 7.86. The van der Waals surface area contributed by atoms with E-state index in [1.807, 2.05) is 39.8 Å². The fourth-order valence-corrected chi connectivity index (χ4v) is 2.43. The Balaban J connectivity index is 2.14. The number of nitrogen functional groups attached to an aromatic ring is 1. The molecule has 2 heterocycles. The highest BCUT2D eigenvalue weighted by molar-refractivity contribution is 7.11. The van der Waals surface area contributed by atoms with Crippen molar-refractivity contribution in [1.82, 2.24) is 4.37 Å². The van der Waals surface area contributed by atoms with Gasteiger partial charge >= 0.3 is 0 Å². The van der Waals surface area contributed by atoms with E-state index in [2.05, 4.69) is 9.69 Å². The van der Waals surface area contributed by atoms with Gasteiger partial charge in [-0.15, -0.1) is 0 Å². The number of nitrogens with one attached hydrogen (secondary N) is 1. The number of nitrogens with two attached hydrogens (primary N) is 1. The first-order valence-corrected chi connectivity index (χ1v) is 6.99. The van der Waals surface area contributed by atoms with Gasteiger partial charge in [0.1, 0.15) is 11.5 Å². The molecule has 0 spiro atoms. The largest absolute Gasteiger partial charge is 0.484 e. The monoisotopic (exact) mass is 281 g/mol. The summed E-state index contributed by atoms with van der Waals surface area (Å²) < 4.78 is 15.4. The third kappa shape index (κ3) is 3.20. The van der Waals surface area contributed by atoms with Crippen LogP contribution in [0.2, 0.25) is 0 Å². The fourth-order valence-electron chi connectivity index (χ4n) is 1.69. The van der Waals surface area contributed by atoms with Crippen LogP contribution >= 0.6 is 11.5 Å². The molecule has 2 rings (SSSR count). The Labute approximate surface area is 116 Å². The van der Waals surface area contributed by atoms with Crippen LogP contribution in [-0.2, 0) is 0 Å². The first-order chi connectivity index (χ1) is 8.97. The zero-order valence-corrected chi connectivity index (χ0v) is 12.4. The van der Waals surface area contributed by atoms with Gasteiger partial charge in [0.25, 0.3) is 0 Å². The van der Waals surface area contributed by atoms with E-state index in [1.165, 1.54) is 11.5 Å². The molecule has 1 atom stereocenters. The smallest absolute Gasteiger partial charge is 0.197 e. The SMILES string of the molecule is Cc1ccc(C(C)Nc2snc(N)c2OC(C)C)o1. The number of hydrogen-bond donors (Lipinski definition) is 2. The molecule has 0 aliphatic heterocycles. The molecule has 0 fully saturated rings. The third-order valence-corrected chi connectivity index (χ3v) is 3.34. The molecule has 0 amide bonds. The zero-order valence-electron chi connectivity index (χ0n) is 11.6. The van der Waals surface area contributed by atoms with Gasteiger partial charge < -0.3 is 20.2 Å². The van der Waals surface area contributed by atoms with E-state index in [0.29, 0.717) is 11.6 Å². The predicted molar refractivity (Wildman–Crippen MR) is 77.8 cm³/mol. The molecular weight excluding hydrogens is 262 g/mol. The molecule has 6 heteroatoms. The van der Waals surface area contributed by atoms with E-state index in [9.17, 15) is 0 Å². The third-order valence-electron chi connectivity index (χ3n) is 2.56. The normalized spacial score (nSPS) is 12.7. The quantitative estimate of drug-likeness (QED) is 0.876. The number of rotatable bonds is 5.